The van der Waals surface area contributed by atoms with Gasteiger partial charge in [-0.25, -0.2) is 13.2 Å². The summed E-state index contributed by atoms with van der Waals surface area (Å²) in [7, 11) is -3.51. The van der Waals surface area contributed by atoms with Crippen LogP contribution >= 0.6 is 11.3 Å². The van der Waals surface area contributed by atoms with Crippen LogP contribution < -0.4 is 11.1 Å². The van der Waals surface area contributed by atoms with Crippen LogP contribution in [0.4, 0.5) is 0 Å². The Bertz CT molecular complexity index is 1180. The van der Waals surface area contributed by atoms with Gasteiger partial charge in [0.1, 0.15) is 10.8 Å². The second-order valence-corrected chi connectivity index (χ2v) is 10.3. The molecule has 1 atom stereocenters. The largest absolute Gasteiger partial charge is 0.420 e. The molecule has 160 valence electrons. The lowest BCUT2D eigenvalue weighted by Gasteiger charge is -2.34. The molecule has 0 spiro atoms. The molecule has 1 N–H and O–H groups in total. The van der Waals surface area contributed by atoms with Crippen molar-refractivity contribution >= 4 is 38.4 Å². The zero-order chi connectivity index (χ0) is 21.1. The van der Waals surface area contributed by atoms with E-state index >= 15 is 0 Å². The van der Waals surface area contributed by atoms with Gasteiger partial charge in [0.2, 0.25) is 5.91 Å². The second kappa shape index (κ2) is 8.75. The third-order valence-electron chi connectivity index (χ3n) is 5.31. The van der Waals surface area contributed by atoms with Gasteiger partial charge >= 0.3 is 5.76 Å². The molecule has 1 aromatic carbocycles. The van der Waals surface area contributed by atoms with Gasteiger partial charge in [0.15, 0.2) is 5.58 Å². The number of oxazole rings is 1. The van der Waals surface area contributed by atoms with E-state index in [4.69, 9.17) is 4.42 Å². The Morgan fingerprint density at radius 2 is 2.03 bits per heavy atom. The number of thiophene rings is 1. The predicted octanol–water partition coefficient (Wildman–Crippen LogP) is 2.41. The van der Waals surface area contributed by atoms with E-state index in [2.05, 4.69) is 5.32 Å². The van der Waals surface area contributed by atoms with Crippen LogP contribution in [0.5, 0.6) is 0 Å². The van der Waals surface area contributed by atoms with E-state index in [0.717, 1.165) is 19.3 Å². The van der Waals surface area contributed by atoms with Crippen molar-refractivity contribution in [3.63, 3.8) is 0 Å². The fourth-order valence-corrected chi connectivity index (χ4v) is 6.69. The molecule has 1 saturated heterocycles. The third kappa shape index (κ3) is 4.21. The summed E-state index contributed by atoms with van der Waals surface area (Å²) < 4.78 is 34.2. The summed E-state index contributed by atoms with van der Waals surface area (Å²) in [6.45, 7) is 0.692. The molecule has 1 unspecified atom stereocenters. The minimum absolute atomic E-state index is 0.141. The zero-order valence-corrected chi connectivity index (χ0v) is 18.0. The SMILES string of the molecule is O=C(Cn1c(=O)oc2ccccc21)NCCC1CCCCN1S(=O)(=O)c1cccs1. The first kappa shape index (κ1) is 20.8. The fourth-order valence-electron chi connectivity index (χ4n) is 3.85. The monoisotopic (exact) mass is 449 g/mol. The Hall–Kier alpha value is -2.43. The number of sulfonamides is 1. The van der Waals surface area contributed by atoms with Gasteiger partial charge < -0.3 is 9.73 Å². The number of piperidine rings is 1. The molecular formula is C20H23N3O5S2. The Labute approximate surface area is 178 Å². The molecule has 30 heavy (non-hydrogen) atoms. The van der Waals surface area contributed by atoms with Crippen molar-refractivity contribution in [1.82, 2.24) is 14.2 Å². The second-order valence-electron chi connectivity index (χ2n) is 7.26. The highest BCUT2D eigenvalue weighted by atomic mass is 32.2. The molecule has 1 amide bonds. The number of carbonyl (C=O) groups is 1. The number of nitrogens with zero attached hydrogens (tertiary/aromatic N) is 2. The summed E-state index contributed by atoms with van der Waals surface area (Å²) in [6, 6.07) is 10.1. The molecule has 8 nitrogen and oxygen atoms in total. The van der Waals surface area contributed by atoms with Crippen LogP contribution in [0, 0.1) is 0 Å². The normalized spacial score (nSPS) is 17.9. The fraction of sp³-hybridized carbons (Fsp3) is 0.400. The van der Waals surface area contributed by atoms with Crippen molar-refractivity contribution in [1.29, 1.82) is 0 Å². The number of nitrogens with one attached hydrogen (secondary N) is 1. The Morgan fingerprint density at radius 1 is 1.20 bits per heavy atom. The molecule has 1 aliphatic rings. The quantitative estimate of drug-likeness (QED) is 0.597. The van der Waals surface area contributed by atoms with Crippen LogP contribution in [0.1, 0.15) is 25.7 Å². The number of aromatic nitrogens is 1. The standard InChI is InChI=1S/C20H23N3O5S2/c24-18(14-22-16-7-1-2-8-17(16)28-20(22)25)21-11-10-15-6-3-4-12-23(15)30(26,27)19-9-5-13-29-19/h1-2,5,7-9,13,15H,3-4,6,10-12,14H2,(H,21,24). The molecule has 1 aliphatic heterocycles. The highest BCUT2D eigenvalue weighted by molar-refractivity contribution is 7.91. The van der Waals surface area contributed by atoms with Crippen LogP contribution in [0.15, 0.2) is 55.2 Å². The maximum atomic E-state index is 12.9. The minimum atomic E-state index is -3.51. The van der Waals surface area contributed by atoms with Crippen LogP contribution in [0.2, 0.25) is 0 Å². The van der Waals surface area contributed by atoms with E-state index < -0.39 is 15.8 Å². The Morgan fingerprint density at radius 3 is 2.83 bits per heavy atom. The number of rotatable bonds is 7. The van der Waals surface area contributed by atoms with E-state index in [1.807, 2.05) is 0 Å². The zero-order valence-electron chi connectivity index (χ0n) is 16.3. The molecule has 4 rings (SSSR count). The van der Waals surface area contributed by atoms with Crippen molar-refractivity contribution in [2.45, 2.75) is 42.5 Å². The highest BCUT2D eigenvalue weighted by Crippen LogP contribution is 2.29. The number of hydrogen-bond donors (Lipinski definition) is 1. The number of para-hydroxylation sites is 2. The third-order valence-corrected chi connectivity index (χ3v) is 8.63. The van der Waals surface area contributed by atoms with E-state index in [0.29, 0.717) is 34.8 Å². The lowest BCUT2D eigenvalue weighted by molar-refractivity contribution is -0.121. The Kier molecular flexibility index (Phi) is 6.07. The topological polar surface area (TPSA) is 102 Å². The molecule has 0 bridgehead atoms. The van der Waals surface area contributed by atoms with Crippen molar-refractivity contribution < 1.29 is 17.6 Å². The molecule has 0 saturated carbocycles. The van der Waals surface area contributed by atoms with Gasteiger partial charge in [-0.05, 0) is 42.8 Å². The maximum absolute atomic E-state index is 12.9. The first-order chi connectivity index (χ1) is 14.5. The number of benzene rings is 1. The van der Waals surface area contributed by atoms with Gasteiger partial charge in [0.05, 0.1) is 5.52 Å². The van der Waals surface area contributed by atoms with Gasteiger partial charge in [-0.1, -0.05) is 24.6 Å². The number of hydrogen-bond acceptors (Lipinski definition) is 6. The minimum Gasteiger partial charge on any atom is -0.408 e. The van der Waals surface area contributed by atoms with Crippen LogP contribution in [0.3, 0.4) is 0 Å². The number of carbonyl (C=O) groups excluding carboxylic acids is 1. The lowest BCUT2D eigenvalue weighted by Crippen LogP contribution is -2.45. The molecule has 3 aromatic rings. The van der Waals surface area contributed by atoms with Gasteiger partial charge in [-0.3, -0.25) is 9.36 Å². The number of amides is 1. The van der Waals surface area contributed by atoms with Gasteiger partial charge in [-0.2, -0.15) is 4.31 Å². The average molecular weight is 450 g/mol. The van der Waals surface area contributed by atoms with E-state index in [-0.39, 0.29) is 18.5 Å². The first-order valence-corrected chi connectivity index (χ1v) is 12.2. The van der Waals surface area contributed by atoms with Crippen molar-refractivity contribution in [2.24, 2.45) is 0 Å². The van der Waals surface area contributed by atoms with Crippen molar-refractivity contribution in [2.75, 3.05) is 13.1 Å². The molecule has 10 heteroatoms. The van der Waals surface area contributed by atoms with Crippen LogP contribution in [-0.2, 0) is 21.4 Å². The summed E-state index contributed by atoms with van der Waals surface area (Å²) in [5, 5.41) is 4.57. The van der Waals surface area contributed by atoms with Gasteiger partial charge in [0, 0.05) is 19.1 Å². The van der Waals surface area contributed by atoms with E-state index in [9.17, 15) is 18.0 Å². The van der Waals surface area contributed by atoms with E-state index in [1.54, 1.807) is 46.1 Å². The molecule has 1 fully saturated rings. The van der Waals surface area contributed by atoms with Gasteiger partial charge in [-0.15, -0.1) is 11.3 Å². The smallest absolute Gasteiger partial charge is 0.408 e. The van der Waals surface area contributed by atoms with Crippen LogP contribution in [0.25, 0.3) is 11.1 Å². The summed E-state index contributed by atoms with van der Waals surface area (Å²) in [5.41, 5.74) is 1.00. The average Bonchev–Trinajstić information content (AvgIpc) is 3.38. The molecule has 2 aromatic heterocycles. The summed E-state index contributed by atoms with van der Waals surface area (Å²) in [6.07, 6.45) is 3.10. The lowest BCUT2D eigenvalue weighted by atomic mass is 10.0. The number of fused-ring (bicyclic) bond motifs is 1. The molecule has 3 heterocycles. The Balaban J connectivity index is 1.37. The van der Waals surface area contributed by atoms with Crippen molar-refractivity contribution in [3.05, 3.63) is 52.3 Å². The molecular weight excluding hydrogens is 426 g/mol. The van der Waals surface area contributed by atoms with Crippen LogP contribution in [-0.4, -0.2) is 42.3 Å². The molecule has 0 aliphatic carbocycles. The summed E-state index contributed by atoms with van der Waals surface area (Å²) in [4.78, 5) is 24.4. The van der Waals surface area contributed by atoms with Gasteiger partial charge in [0.25, 0.3) is 10.0 Å². The van der Waals surface area contributed by atoms with Crippen molar-refractivity contribution in [3.8, 4) is 0 Å². The maximum Gasteiger partial charge on any atom is 0.420 e. The van der Waals surface area contributed by atoms with E-state index in [1.165, 1.54) is 15.9 Å². The highest BCUT2D eigenvalue weighted by Gasteiger charge is 2.33. The predicted molar refractivity (Wildman–Crippen MR) is 114 cm³/mol. The summed E-state index contributed by atoms with van der Waals surface area (Å²) >= 11 is 1.22. The first-order valence-electron chi connectivity index (χ1n) is 9.87. The molecule has 0 radical (unpaired) electrons. The summed E-state index contributed by atoms with van der Waals surface area (Å²) in [5.74, 6) is -0.890.